The van der Waals surface area contributed by atoms with E-state index in [-0.39, 0.29) is 30.4 Å². The Kier molecular flexibility index (Phi) is 5.84. The molecule has 3 unspecified atom stereocenters. The molecule has 0 aromatic heterocycles. The molecule has 122 valence electrons. The van der Waals surface area contributed by atoms with E-state index in [9.17, 15) is 4.79 Å². The fourth-order valence-electron chi connectivity index (χ4n) is 3.60. The summed E-state index contributed by atoms with van der Waals surface area (Å²) in [7, 11) is 0. The average molecular weight is 324 g/mol. The lowest BCUT2D eigenvalue weighted by molar-refractivity contribution is -0.122. The number of rotatable bonds is 2. The number of anilines is 1. The highest BCUT2D eigenvalue weighted by atomic mass is 35.5. The lowest BCUT2D eigenvalue weighted by Gasteiger charge is -2.38. The van der Waals surface area contributed by atoms with E-state index in [4.69, 9.17) is 5.73 Å². The molecular formula is C17H26ClN3O. The summed E-state index contributed by atoms with van der Waals surface area (Å²) in [5.41, 5.74) is 8.29. The number of benzene rings is 1. The zero-order valence-corrected chi connectivity index (χ0v) is 13.9. The molecule has 0 saturated carbocycles. The van der Waals surface area contributed by atoms with Crippen LogP contribution >= 0.6 is 12.4 Å². The number of nitrogens with one attached hydrogen (secondary N) is 1. The minimum absolute atomic E-state index is 0. The van der Waals surface area contributed by atoms with Gasteiger partial charge < -0.3 is 11.1 Å². The van der Waals surface area contributed by atoms with Crippen LogP contribution in [0.15, 0.2) is 24.3 Å². The Labute approximate surface area is 138 Å². The number of para-hydroxylation sites is 1. The van der Waals surface area contributed by atoms with Gasteiger partial charge in [-0.2, -0.15) is 0 Å². The molecular weight excluding hydrogens is 298 g/mol. The topological polar surface area (TPSA) is 58.4 Å². The molecule has 2 heterocycles. The van der Waals surface area contributed by atoms with Gasteiger partial charge in [0, 0.05) is 18.3 Å². The van der Waals surface area contributed by atoms with Gasteiger partial charge in [-0.15, -0.1) is 12.4 Å². The van der Waals surface area contributed by atoms with E-state index in [0.717, 1.165) is 38.0 Å². The zero-order valence-electron chi connectivity index (χ0n) is 13.1. The molecule has 4 nitrogen and oxygen atoms in total. The molecule has 3 atom stereocenters. The van der Waals surface area contributed by atoms with Crippen molar-refractivity contribution in [2.75, 3.05) is 18.4 Å². The molecule has 2 aliphatic heterocycles. The van der Waals surface area contributed by atoms with Crippen molar-refractivity contribution in [2.45, 2.75) is 44.7 Å². The van der Waals surface area contributed by atoms with Gasteiger partial charge in [-0.3, -0.25) is 9.69 Å². The predicted molar refractivity (Wildman–Crippen MR) is 92.4 cm³/mol. The van der Waals surface area contributed by atoms with E-state index >= 15 is 0 Å². The molecule has 3 rings (SSSR count). The summed E-state index contributed by atoms with van der Waals surface area (Å²) in [5.74, 6) is 0.655. The maximum atomic E-state index is 12.6. The van der Waals surface area contributed by atoms with Crippen LogP contribution < -0.4 is 11.1 Å². The third kappa shape index (κ3) is 3.62. The first kappa shape index (κ1) is 17.3. The number of halogens is 1. The van der Waals surface area contributed by atoms with Gasteiger partial charge in [-0.1, -0.05) is 18.2 Å². The second-order valence-electron chi connectivity index (χ2n) is 6.46. The van der Waals surface area contributed by atoms with Gasteiger partial charge in [-0.25, -0.2) is 0 Å². The number of nitrogens with zero attached hydrogens (tertiary/aromatic N) is 1. The van der Waals surface area contributed by atoms with Crippen LogP contribution in [0.2, 0.25) is 0 Å². The maximum Gasteiger partial charge on any atom is 0.241 e. The maximum absolute atomic E-state index is 12.6. The SMILES string of the molecule is CC(N)C1CCCN(C2CCc3ccccc3NC2=O)C1.Cl. The van der Waals surface area contributed by atoms with Crippen LogP contribution in [0, 0.1) is 5.92 Å². The van der Waals surface area contributed by atoms with Crippen molar-refractivity contribution in [1.29, 1.82) is 0 Å². The quantitative estimate of drug-likeness (QED) is 0.878. The van der Waals surface area contributed by atoms with Crippen molar-refractivity contribution in [2.24, 2.45) is 11.7 Å². The highest BCUT2D eigenvalue weighted by Gasteiger charge is 2.33. The van der Waals surface area contributed by atoms with Crippen LogP contribution in [-0.2, 0) is 11.2 Å². The number of hydrogen-bond donors (Lipinski definition) is 2. The number of nitrogens with two attached hydrogens (primary N) is 1. The number of carbonyl (C=O) groups excluding carboxylic acids is 1. The first-order chi connectivity index (χ1) is 10.1. The van der Waals surface area contributed by atoms with E-state index in [1.54, 1.807) is 0 Å². The molecule has 22 heavy (non-hydrogen) atoms. The summed E-state index contributed by atoms with van der Waals surface area (Å²) in [6, 6.07) is 8.32. The van der Waals surface area contributed by atoms with Crippen molar-refractivity contribution in [1.82, 2.24) is 4.90 Å². The van der Waals surface area contributed by atoms with Crippen LogP contribution in [0.5, 0.6) is 0 Å². The molecule has 1 aromatic rings. The summed E-state index contributed by atoms with van der Waals surface area (Å²) in [6.45, 7) is 4.04. The lowest BCUT2D eigenvalue weighted by Crippen LogP contribution is -2.50. The van der Waals surface area contributed by atoms with Gasteiger partial charge in [0.15, 0.2) is 0 Å². The molecule has 1 amide bonds. The Morgan fingerprint density at radius 3 is 2.86 bits per heavy atom. The van der Waals surface area contributed by atoms with Crippen LogP contribution in [0.3, 0.4) is 0 Å². The van der Waals surface area contributed by atoms with Crippen molar-refractivity contribution in [3.63, 3.8) is 0 Å². The van der Waals surface area contributed by atoms with E-state index in [1.807, 2.05) is 18.2 Å². The molecule has 0 bridgehead atoms. The summed E-state index contributed by atoms with van der Waals surface area (Å²) in [5, 5.41) is 3.10. The Hall–Kier alpha value is -1.10. The van der Waals surface area contributed by atoms with Crippen LogP contribution in [-0.4, -0.2) is 36.0 Å². The minimum atomic E-state index is -0.0149. The molecule has 1 fully saturated rings. The van der Waals surface area contributed by atoms with E-state index in [0.29, 0.717) is 5.92 Å². The van der Waals surface area contributed by atoms with Crippen molar-refractivity contribution >= 4 is 24.0 Å². The normalized spacial score (nSPS) is 27.1. The number of aryl methyl sites for hydroxylation is 1. The second kappa shape index (κ2) is 7.44. The fourth-order valence-corrected chi connectivity index (χ4v) is 3.60. The Bertz CT molecular complexity index is 520. The lowest BCUT2D eigenvalue weighted by atomic mass is 9.90. The van der Waals surface area contributed by atoms with Crippen LogP contribution in [0.4, 0.5) is 5.69 Å². The molecule has 0 spiro atoms. The number of piperidine rings is 1. The summed E-state index contributed by atoms with van der Waals surface area (Å²) < 4.78 is 0. The zero-order chi connectivity index (χ0) is 14.8. The number of fused-ring (bicyclic) bond motifs is 1. The smallest absolute Gasteiger partial charge is 0.241 e. The third-order valence-corrected chi connectivity index (χ3v) is 4.94. The summed E-state index contributed by atoms with van der Waals surface area (Å²) in [6.07, 6.45) is 4.18. The number of amides is 1. The Balaban J connectivity index is 0.00000176. The van der Waals surface area contributed by atoms with Gasteiger partial charge in [-0.05, 0) is 56.7 Å². The van der Waals surface area contributed by atoms with E-state index < -0.39 is 0 Å². The van der Waals surface area contributed by atoms with E-state index in [1.165, 1.54) is 12.0 Å². The van der Waals surface area contributed by atoms with Crippen LogP contribution in [0.25, 0.3) is 0 Å². The van der Waals surface area contributed by atoms with Crippen molar-refractivity contribution < 1.29 is 4.79 Å². The average Bonchev–Trinajstić information content (AvgIpc) is 2.65. The molecule has 2 aliphatic rings. The Morgan fingerprint density at radius 2 is 2.09 bits per heavy atom. The standard InChI is InChI=1S/C17H25N3O.ClH/c1-12(18)14-6-4-10-20(11-14)16-9-8-13-5-2-3-7-15(13)19-17(16)21;/h2-3,5,7,12,14,16H,4,6,8-11,18H2,1H3,(H,19,21);1H. The summed E-state index contributed by atoms with van der Waals surface area (Å²) in [4.78, 5) is 14.9. The second-order valence-corrected chi connectivity index (χ2v) is 6.46. The Morgan fingerprint density at radius 1 is 1.32 bits per heavy atom. The van der Waals surface area contributed by atoms with Gasteiger partial charge in [0.05, 0.1) is 6.04 Å². The fraction of sp³-hybridized carbons (Fsp3) is 0.588. The molecule has 0 radical (unpaired) electrons. The van der Waals surface area contributed by atoms with Crippen molar-refractivity contribution in [3.8, 4) is 0 Å². The number of carbonyl (C=O) groups is 1. The van der Waals surface area contributed by atoms with Gasteiger partial charge in [0.2, 0.25) is 5.91 Å². The molecule has 0 aliphatic carbocycles. The first-order valence-electron chi connectivity index (χ1n) is 8.03. The molecule has 3 N–H and O–H groups in total. The van der Waals surface area contributed by atoms with E-state index in [2.05, 4.69) is 23.2 Å². The molecule has 1 aromatic carbocycles. The highest BCUT2D eigenvalue weighted by Crippen LogP contribution is 2.27. The van der Waals surface area contributed by atoms with Gasteiger partial charge >= 0.3 is 0 Å². The number of hydrogen-bond acceptors (Lipinski definition) is 3. The predicted octanol–water partition coefficient (Wildman–Crippen LogP) is 2.42. The van der Waals surface area contributed by atoms with Crippen LogP contribution in [0.1, 0.15) is 31.7 Å². The summed E-state index contributed by atoms with van der Waals surface area (Å²) >= 11 is 0. The highest BCUT2D eigenvalue weighted by molar-refractivity contribution is 5.96. The minimum Gasteiger partial charge on any atom is -0.328 e. The molecule has 1 saturated heterocycles. The van der Waals surface area contributed by atoms with Gasteiger partial charge in [0.1, 0.15) is 0 Å². The largest absolute Gasteiger partial charge is 0.328 e. The number of likely N-dealkylation sites (tertiary alicyclic amines) is 1. The monoisotopic (exact) mass is 323 g/mol. The molecule has 5 heteroatoms. The first-order valence-corrected chi connectivity index (χ1v) is 8.03. The third-order valence-electron chi connectivity index (χ3n) is 4.94. The van der Waals surface area contributed by atoms with Crippen molar-refractivity contribution in [3.05, 3.63) is 29.8 Å². The van der Waals surface area contributed by atoms with Gasteiger partial charge in [0.25, 0.3) is 0 Å².